The predicted octanol–water partition coefficient (Wildman–Crippen LogP) is 2.08. The molecule has 1 unspecified atom stereocenters. The Hall–Kier alpha value is -1.40. The van der Waals surface area contributed by atoms with Crippen molar-refractivity contribution in [2.45, 2.75) is 12.5 Å². The molecule has 0 spiro atoms. The third-order valence-electron chi connectivity index (χ3n) is 2.97. The van der Waals surface area contributed by atoms with E-state index in [-0.39, 0.29) is 11.9 Å². The second-order valence-electron chi connectivity index (χ2n) is 4.24. The van der Waals surface area contributed by atoms with Crippen LogP contribution in [0, 0.1) is 0 Å². The molecule has 1 fully saturated rings. The molecule has 6 heteroatoms. The van der Waals surface area contributed by atoms with E-state index in [4.69, 9.17) is 4.74 Å². The molecule has 3 amide bonds. The van der Waals surface area contributed by atoms with E-state index in [1.807, 2.05) is 24.3 Å². The highest BCUT2D eigenvalue weighted by molar-refractivity contribution is 9.10. The number of carbonyl (C=O) groups is 2. The summed E-state index contributed by atoms with van der Waals surface area (Å²) in [5.41, 5.74) is 0.773. The molecule has 102 valence electrons. The van der Waals surface area contributed by atoms with Crippen molar-refractivity contribution in [3.05, 3.63) is 34.3 Å². The van der Waals surface area contributed by atoms with Crippen LogP contribution in [0.2, 0.25) is 0 Å². The number of urea groups is 1. The van der Waals surface area contributed by atoms with Gasteiger partial charge in [0, 0.05) is 24.7 Å². The van der Waals surface area contributed by atoms with Crippen LogP contribution in [0.5, 0.6) is 0 Å². The summed E-state index contributed by atoms with van der Waals surface area (Å²) < 4.78 is 5.74. The first-order chi connectivity index (χ1) is 9.15. The molecule has 0 bridgehead atoms. The summed E-state index contributed by atoms with van der Waals surface area (Å²) in [6.45, 7) is 0.899. The predicted molar refractivity (Wildman–Crippen MR) is 73.6 cm³/mol. The van der Waals surface area contributed by atoms with Gasteiger partial charge in [-0.1, -0.05) is 34.1 Å². The van der Waals surface area contributed by atoms with Crippen LogP contribution in [0.1, 0.15) is 18.0 Å². The number of ether oxygens (including phenoxy) is 1. The average Bonchev–Trinajstić information content (AvgIpc) is 2.67. The number of benzene rings is 1. The molecule has 1 aromatic rings. The van der Waals surface area contributed by atoms with Gasteiger partial charge < -0.3 is 10.1 Å². The number of hydrogen-bond donors (Lipinski definition) is 1. The van der Waals surface area contributed by atoms with E-state index in [9.17, 15) is 9.59 Å². The summed E-state index contributed by atoms with van der Waals surface area (Å²) in [5.74, 6) is -0.215. The monoisotopic (exact) mass is 326 g/mol. The van der Waals surface area contributed by atoms with Crippen molar-refractivity contribution in [2.24, 2.45) is 0 Å². The number of methoxy groups -OCH3 is 1. The number of halogens is 1. The minimum atomic E-state index is -0.606. The molecule has 0 saturated carbocycles. The summed E-state index contributed by atoms with van der Waals surface area (Å²) in [5, 5.41) is 2.70. The molecule has 5 nitrogen and oxygen atoms in total. The highest BCUT2D eigenvalue weighted by atomic mass is 79.9. The van der Waals surface area contributed by atoms with Gasteiger partial charge in [0.2, 0.25) is 0 Å². The average molecular weight is 327 g/mol. The maximum absolute atomic E-state index is 12.2. The number of imide groups is 1. The quantitative estimate of drug-likeness (QED) is 0.665. The highest BCUT2D eigenvalue weighted by Crippen LogP contribution is 2.28. The van der Waals surface area contributed by atoms with Gasteiger partial charge in [-0.15, -0.1) is 0 Å². The van der Waals surface area contributed by atoms with E-state index >= 15 is 0 Å². The lowest BCUT2D eigenvalue weighted by Crippen LogP contribution is -2.32. The van der Waals surface area contributed by atoms with Crippen molar-refractivity contribution in [3.63, 3.8) is 0 Å². The standard InChI is InChI=1S/C13H15BrN2O3/c1-19-8-4-7-16-12(17)11(15-13(16)18)9-5-2-3-6-10(9)14/h2-3,5-6,11H,4,7-8H2,1H3,(H,15,18). The van der Waals surface area contributed by atoms with Gasteiger partial charge in [0.1, 0.15) is 6.04 Å². The number of nitrogens with one attached hydrogen (secondary N) is 1. The molecule has 1 N–H and O–H groups in total. The Morgan fingerprint density at radius 3 is 2.79 bits per heavy atom. The zero-order chi connectivity index (χ0) is 13.8. The number of amides is 3. The van der Waals surface area contributed by atoms with E-state index in [1.54, 1.807) is 7.11 Å². The zero-order valence-corrected chi connectivity index (χ0v) is 12.1. The van der Waals surface area contributed by atoms with Gasteiger partial charge >= 0.3 is 6.03 Å². The maximum atomic E-state index is 12.2. The van der Waals surface area contributed by atoms with Crippen LogP contribution >= 0.6 is 15.9 Å². The minimum absolute atomic E-state index is 0.215. The van der Waals surface area contributed by atoms with Crippen LogP contribution in [-0.2, 0) is 9.53 Å². The first kappa shape index (κ1) is 14.0. The summed E-state index contributed by atoms with van der Waals surface area (Å²) in [6, 6.07) is 6.43. The SMILES string of the molecule is COCCCN1C(=O)NC(c2ccccc2Br)C1=O. The molecule has 0 aliphatic carbocycles. The normalized spacial score (nSPS) is 18.8. The molecule has 1 saturated heterocycles. The van der Waals surface area contributed by atoms with Crippen molar-refractivity contribution in [1.29, 1.82) is 0 Å². The van der Waals surface area contributed by atoms with Crippen molar-refractivity contribution in [3.8, 4) is 0 Å². The number of hydrogen-bond acceptors (Lipinski definition) is 3. The third-order valence-corrected chi connectivity index (χ3v) is 3.69. The molecule has 0 aromatic heterocycles. The minimum Gasteiger partial charge on any atom is -0.385 e. The fraction of sp³-hybridized carbons (Fsp3) is 0.385. The Morgan fingerprint density at radius 1 is 1.37 bits per heavy atom. The van der Waals surface area contributed by atoms with Gasteiger partial charge in [-0.05, 0) is 18.1 Å². The fourth-order valence-corrected chi connectivity index (χ4v) is 2.53. The topological polar surface area (TPSA) is 58.6 Å². The zero-order valence-electron chi connectivity index (χ0n) is 10.6. The fourth-order valence-electron chi connectivity index (χ4n) is 2.02. The molecule has 1 atom stereocenters. The highest BCUT2D eigenvalue weighted by Gasteiger charge is 2.39. The van der Waals surface area contributed by atoms with Crippen LogP contribution in [0.25, 0.3) is 0 Å². The Kier molecular flexibility index (Phi) is 4.55. The molecule has 1 aromatic carbocycles. The Morgan fingerprint density at radius 2 is 2.11 bits per heavy atom. The number of rotatable bonds is 5. The summed E-state index contributed by atoms with van der Waals surface area (Å²) in [7, 11) is 1.59. The van der Waals surface area contributed by atoms with Crippen molar-refractivity contribution in [2.75, 3.05) is 20.3 Å². The van der Waals surface area contributed by atoms with E-state index in [1.165, 1.54) is 4.90 Å². The van der Waals surface area contributed by atoms with Gasteiger partial charge in [-0.25, -0.2) is 4.79 Å². The molecule has 2 rings (SSSR count). The number of carbonyl (C=O) groups excluding carboxylic acids is 2. The van der Waals surface area contributed by atoms with Crippen LogP contribution < -0.4 is 5.32 Å². The lowest BCUT2D eigenvalue weighted by Gasteiger charge is -2.13. The Balaban J connectivity index is 2.12. The first-order valence-corrected chi connectivity index (χ1v) is 6.79. The van der Waals surface area contributed by atoms with E-state index < -0.39 is 6.04 Å². The van der Waals surface area contributed by atoms with Gasteiger partial charge in [0.25, 0.3) is 5.91 Å². The van der Waals surface area contributed by atoms with E-state index in [0.717, 1.165) is 10.0 Å². The van der Waals surface area contributed by atoms with Gasteiger partial charge in [0.05, 0.1) is 0 Å². The third kappa shape index (κ3) is 2.96. The molecule has 1 heterocycles. The van der Waals surface area contributed by atoms with Gasteiger partial charge in [-0.3, -0.25) is 9.69 Å². The molecule has 19 heavy (non-hydrogen) atoms. The van der Waals surface area contributed by atoms with E-state index in [2.05, 4.69) is 21.2 Å². The molecule has 1 aliphatic heterocycles. The molecular formula is C13H15BrN2O3. The largest absolute Gasteiger partial charge is 0.385 e. The van der Waals surface area contributed by atoms with Crippen molar-refractivity contribution in [1.82, 2.24) is 10.2 Å². The first-order valence-electron chi connectivity index (χ1n) is 6.00. The lowest BCUT2D eigenvalue weighted by molar-refractivity contribution is -0.127. The smallest absolute Gasteiger partial charge is 0.325 e. The summed E-state index contributed by atoms with van der Waals surface area (Å²) in [6.07, 6.45) is 0.637. The second kappa shape index (κ2) is 6.16. The maximum Gasteiger partial charge on any atom is 0.325 e. The van der Waals surface area contributed by atoms with Gasteiger partial charge in [-0.2, -0.15) is 0 Å². The van der Waals surface area contributed by atoms with Crippen LogP contribution in [-0.4, -0.2) is 37.1 Å². The van der Waals surface area contributed by atoms with Crippen molar-refractivity contribution >= 4 is 27.9 Å². The van der Waals surface area contributed by atoms with Crippen molar-refractivity contribution < 1.29 is 14.3 Å². The van der Waals surface area contributed by atoms with Crippen LogP contribution in [0.3, 0.4) is 0 Å². The van der Waals surface area contributed by atoms with E-state index in [0.29, 0.717) is 19.6 Å². The summed E-state index contributed by atoms with van der Waals surface area (Å²) in [4.78, 5) is 25.3. The molecule has 1 aliphatic rings. The van der Waals surface area contributed by atoms with Crippen LogP contribution in [0.4, 0.5) is 4.79 Å². The van der Waals surface area contributed by atoms with Gasteiger partial charge in [0.15, 0.2) is 0 Å². The summed E-state index contributed by atoms with van der Waals surface area (Å²) >= 11 is 3.40. The Labute approximate surface area is 120 Å². The lowest BCUT2D eigenvalue weighted by atomic mass is 10.1. The second-order valence-corrected chi connectivity index (χ2v) is 5.09. The molecule has 0 radical (unpaired) electrons. The molecular weight excluding hydrogens is 312 g/mol. The van der Waals surface area contributed by atoms with Crippen LogP contribution in [0.15, 0.2) is 28.7 Å². The number of nitrogens with zero attached hydrogens (tertiary/aromatic N) is 1. The Bertz CT molecular complexity index is 493.